The molecule has 2 aromatic rings. The number of nitrogens with one attached hydrogen (secondary N) is 1. The lowest BCUT2D eigenvalue weighted by molar-refractivity contribution is 0.0950. The van der Waals surface area contributed by atoms with Crippen molar-refractivity contribution >= 4 is 16.7 Å². The molecule has 22 heavy (non-hydrogen) atoms. The molecule has 4 nitrogen and oxygen atoms in total. The van der Waals surface area contributed by atoms with Gasteiger partial charge in [0.1, 0.15) is 0 Å². The molecule has 1 atom stereocenters. The number of aromatic nitrogens is 1. The molecule has 2 heterocycles. The molecule has 1 aromatic heterocycles. The van der Waals surface area contributed by atoms with Gasteiger partial charge in [0.05, 0.1) is 6.04 Å². The van der Waals surface area contributed by atoms with E-state index in [2.05, 4.69) is 16.0 Å². The predicted octanol–water partition coefficient (Wildman–Crippen LogP) is 2.74. The summed E-state index contributed by atoms with van der Waals surface area (Å²) < 4.78 is 0. The molecule has 4 heteroatoms. The standard InChI is InChI=1S/C18H24N3O/c19-16(8-12-21-10-3-1-2-4-11-21)18(22)15-6-5-14-7-9-20-17(14)13-15/h5-6,9,13,16,20H,1-4,8,10-12,19H2. The van der Waals surface area contributed by atoms with Gasteiger partial charge in [-0.25, -0.2) is 0 Å². The third kappa shape index (κ3) is 3.57. The molecule has 0 amide bonds. The summed E-state index contributed by atoms with van der Waals surface area (Å²) in [7, 11) is 0. The number of H-pyrrole nitrogens is 1. The van der Waals surface area contributed by atoms with Crippen LogP contribution < -0.4 is 5.73 Å². The van der Waals surface area contributed by atoms with Crippen molar-refractivity contribution in [2.45, 2.75) is 38.1 Å². The van der Waals surface area contributed by atoms with Crippen molar-refractivity contribution in [3.8, 4) is 0 Å². The van der Waals surface area contributed by atoms with Gasteiger partial charge in [-0.2, -0.15) is 0 Å². The fraction of sp³-hybridized carbons (Fsp3) is 0.500. The lowest BCUT2D eigenvalue weighted by Gasteiger charge is -2.21. The first kappa shape index (κ1) is 15.3. The van der Waals surface area contributed by atoms with E-state index in [-0.39, 0.29) is 5.78 Å². The Hall–Kier alpha value is -1.65. The predicted molar refractivity (Wildman–Crippen MR) is 89.0 cm³/mol. The molecule has 1 aliphatic heterocycles. The molecular weight excluding hydrogens is 274 g/mol. The molecule has 1 unspecified atom stereocenters. The number of carbonyl (C=O) groups is 1. The van der Waals surface area contributed by atoms with Crippen LogP contribution in [-0.4, -0.2) is 41.3 Å². The number of aromatic amines is 1. The highest BCUT2D eigenvalue weighted by molar-refractivity contribution is 6.02. The Balaban J connectivity index is 1.58. The summed E-state index contributed by atoms with van der Waals surface area (Å²) in [6.45, 7) is 3.21. The number of benzene rings is 1. The molecule has 0 bridgehead atoms. The topological polar surface area (TPSA) is 62.1 Å². The molecule has 117 valence electrons. The minimum absolute atomic E-state index is 0.0336. The molecule has 3 rings (SSSR count). The van der Waals surface area contributed by atoms with Crippen LogP contribution in [0.25, 0.3) is 10.9 Å². The minimum atomic E-state index is -0.417. The molecule has 0 aliphatic carbocycles. The lowest BCUT2D eigenvalue weighted by Crippen LogP contribution is -2.36. The van der Waals surface area contributed by atoms with Crippen molar-refractivity contribution < 1.29 is 4.79 Å². The minimum Gasteiger partial charge on any atom is -0.361 e. The van der Waals surface area contributed by atoms with E-state index in [0.29, 0.717) is 5.56 Å². The molecule has 1 fully saturated rings. The zero-order valence-corrected chi connectivity index (χ0v) is 13.0. The molecule has 1 aromatic carbocycles. The number of rotatable bonds is 5. The Bertz CT molecular complexity index is 626. The van der Waals surface area contributed by atoms with Gasteiger partial charge in [-0.1, -0.05) is 25.0 Å². The van der Waals surface area contributed by atoms with Crippen LogP contribution in [0, 0.1) is 6.07 Å². The van der Waals surface area contributed by atoms with Crippen LogP contribution in [0.4, 0.5) is 0 Å². The van der Waals surface area contributed by atoms with E-state index in [1.165, 1.54) is 25.7 Å². The molecule has 0 saturated carbocycles. The van der Waals surface area contributed by atoms with Crippen molar-refractivity contribution in [2.75, 3.05) is 19.6 Å². The number of hydrogen-bond donors (Lipinski definition) is 2. The lowest BCUT2D eigenvalue weighted by atomic mass is 10.0. The molecule has 3 N–H and O–H groups in total. The molecule has 1 saturated heterocycles. The largest absolute Gasteiger partial charge is 0.361 e. The first-order valence-corrected chi connectivity index (χ1v) is 8.25. The monoisotopic (exact) mass is 298 g/mol. The number of likely N-dealkylation sites (tertiary alicyclic amines) is 1. The maximum atomic E-state index is 12.5. The smallest absolute Gasteiger partial charge is 0.179 e. The number of hydrogen-bond acceptors (Lipinski definition) is 3. The van der Waals surface area contributed by atoms with Crippen LogP contribution in [0.1, 0.15) is 42.5 Å². The summed E-state index contributed by atoms with van der Waals surface area (Å²) in [5.41, 5.74) is 7.75. The number of nitrogens with zero attached hydrogens (tertiary/aromatic N) is 1. The second-order valence-corrected chi connectivity index (χ2v) is 6.21. The third-order valence-corrected chi connectivity index (χ3v) is 4.55. The average Bonchev–Trinajstić information content (AvgIpc) is 2.85. The quantitative estimate of drug-likeness (QED) is 0.834. The van der Waals surface area contributed by atoms with Crippen molar-refractivity contribution in [3.63, 3.8) is 0 Å². The van der Waals surface area contributed by atoms with Gasteiger partial charge in [0.15, 0.2) is 5.78 Å². The first-order valence-electron chi connectivity index (χ1n) is 8.25. The van der Waals surface area contributed by atoms with E-state index in [9.17, 15) is 4.79 Å². The highest BCUT2D eigenvalue weighted by atomic mass is 16.1. The second-order valence-electron chi connectivity index (χ2n) is 6.21. The fourth-order valence-electron chi connectivity index (χ4n) is 3.16. The van der Waals surface area contributed by atoms with Gasteiger partial charge in [0.2, 0.25) is 0 Å². The van der Waals surface area contributed by atoms with Crippen molar-refractivity contribution in [2.24, 2.45) is 5.73 Å². The maximum absolute atomic E-state index is 12.5. The zero-order valence-electron chi connectivity index (χ0n) is 13.0. The first-order chi connectivity index (χ1) is 10.7. The van der Waals surface area contributed by atoms with Crippen molar-refractivity contribution in [1.82, 2.24) is 9.88 Å². The summed E-state index contributed by atoms with van der Waals surface area (Å²) in [6.07, 6.45) is 7.68. The summed E-state index contributed by atoms with van der Waals surface area (Å²) in [5.74, 6) is 0.0336. The molecule has 0 spiro atoms. The third-order valence-electron chi connectivity index (χ3n) is 4.55. The van der Waals surface area contributed by atoms with Gasteiger partial charge in [0.25, 0.3) is 0 Å². The van der Waals surface area contributed by atoms with Crippen LogP contribution >= 0.6 is 0 Å². The van der Waals surface area contributed by atoms with Crippen LogP contribution in [0.15, 0.2) is 24.4 Å². The molecule has 1 aliphatic rings. The van der Waals surface area contributed by atoms with Crippen LogP contribution in [0.3, 0.4) is 0 Å². The van der Waals surface area contributed by atoms with Gasteiger partial charge in [0, 0.05) is 35.3 Å². The Morgan fingerprint density at radius 1 is 1.27 bits per heavy atom. The van der Waals surface area contributed by atoms with Crippen LogP contribution in [0.2, 0.25) is 0 Å². The van der Waals surface area contributed by atoms with Gasteiger partial charge >= 0.3 is 0 Å². The van der Waals surface area contributed by atoms with Gasteiger partial charge in [-0.15, -0.1) is 0 Å². The van der Waals surface area contributed by atoms with Crippen LogP contribution in [-0.2, 0) is 0 Å². The number of Topliss-reactive ketones (excluding diaryl/α,β-unsaturated/α-hetero) is 1. The summed E-state index contributed by atoms with van der Waals surface area (Å²) >= 11 is 0. The van der Waals surface area contributed by atoms with Gasteiger partial charge in [-0.05, 0) is 38.4 Å². The van der Waals surface area contributed by atoms with E-state index in [0.717, 1.165) is 37.0 Å². The summed E-state index contributed by atoms with van der Waals surface area (Å²) in [6, 6.07) is 8.31. The van der Waals surface area contributed by atoms with Gasteiger partial charge < -0.3 is 15.6 Å². The molecular formula is C18H24N3O. The normalized spacial score (nSPS) is 18.2. The van der Waals surface area contributed by atoms with Gasteiger partial charge in [-0.3, -0.25) is 4.79 Å². The Morgan fingerprint density at radius 3 is 2.82 bits per heavy atom. The Morgan fingerprint density at radius 2 is 2.05 bits per heavy atom. The van der Waals surface area contributed by atoms with Crippen LogP contribution in [0.5, 0.6) is 0 Å². The average molecular weight is 298 g/mol. The Kier molecular flexibility index (Phi) is 4.90. The maximum Gasteiger partial charge on any atom is 0.179 e. The van der Waals surface area contributed by atoms with E-state index < -0.39 is 6.04 Å². The highest BCUT2D eigenvalue weighted by Crippen LogP contribution is 2.16. The van der Waals surface area contributed by atoms with Crippen molar-refractivity contribution in [1.29, 1.82) is 0 Å². The number of ketones is 1. The summed E-state index contributed by atoms with van der Waals surface area (Å²) in [4.78, 5) is 18.0. The number of nitrogens with two attached hydrogens (primary N) is 1. The zero-order chi connectivity index (χ0) is 15.4. The highest BCUT2D eigenvalue weighted by Gasteiger charge is 2.18. The summed E-state index contributed by atoms with van der Waals surface area (Å²) in [5, 5.41) is 0.995. The SMILES string of the molecule is NC(CCN1CCCCCC1)C(=O)c1ccc2[c]c[nH]c2c1. The van der Waals surface area contributed by atoms with Crippen molar-refractivity contribution in [3.05, 3.63) is 36.0 Å². The number of carbonyl (C=O) groups excluding carboxylic acids is 1. The Labute approximate surface area is 131 Å². The molecule has 1 radical (unpaired) electrons. The van der Waals surface area contributed by atoms with E-state index in [4.69, 9.17) is 5.73 Å². The van der Waals surface area contributed by atoms with E-state index >= 15 is 0 Å². The fourth-order valence-corrected chi connectivity index (χ4v) is 3.16. The van der Waals surface area contributed by atoms with E-state index in [1.807, 2.05) is 18.2 Å². The number of fused-ring (bicyclic) bond motifs is 1. The second kappa shape index (κ2) is 7.07. The van der Waals surface area contributed by atoms with E-state index in [1.54, 1.807) is 6.20 Å².